The Bertz CT molecular complexity index is 1910. The zero-order valence-corrected chi connectivity index (χ0v) is 26.8. The molecule has 0 amide bonds. The van der Waals surface area contributed by atoms with Crippen molar-refractivity contribution in [2.75, 3.05) is 9.34 Å². The van der Waals surface area contributed by atoms with Gasteiger partial charge in [0.2, 0.25) is 0 Å². The molecule has 0 saturated carbocycles. The number of rotatable bonds is 6. The van der Waals surface area contributed by atoms with E-state index < -0.39 is 8.22 Å². The minimum Gasteiger partial charge on any atom is -0.296 e. The van der Waals surface area contributed by atoms with Crippen molar-refractivity contribution >= 4 is 46.9 Å². The topological polar surface area (TPSA) is 6.48 Å². The van der Waals surface area contributed by atoms with E-state index >= 15 is 0 Å². The second-order valence-electron chi connectivity index (χ2n) is 11.4. The van der Waals surface area contributed by atoms with Crippen molar-refractivity contribution in [1.29, 1.82) is 0 Å². The van der Waals surface area contributed by atoms with Crippen LogP contribution in [0.5, 0.6) is 0 Å². The zero-order valence-electron chi connectivity index (χ0n) is 24.3. The lowest BCUT2D eigenvalue weighted by molar-refractivity contribution is 0.660. The van der Waals surface area contributed by atoms with Crippen molar-refractivity contribution in [1.82, 2.24) is 0 Å². The summed E-state index contributed by atoms with van der Waals surface area (Å²) >= 11 is 3.79. The van der Waals surface area contributed by atoms with E-state index in [1.165, 1.54) is 44.8 Å². The van der Waals surface area contributed by atoms with Crippen molar-refractivity contribution in [3.05, 3.63) is 168 Å². The van der Waals surface area contributed by atoms with Crippen LogP contribution in [0, 0.1) is 0 Å². The molecule has 7 rings (SSSR count). The molecule has 210 valence electrons. The van der Waals surface area contributed by atoms with Crippen LogP contribution < -0.4 is 9.34 Å². The Hall–Kier alpha value is -4.17. The lowest BCUT2D eigenvalue weighted by atomic mass is 9.82. The maximum Gasteiger partial charge on any atom is 0.138 e. The molecule has 1 aliphatic carbocycles. The molecular formula is C39H32BrN2P. The fraction of sp³-hybridized carbons (Fsp3) is 0.0769. The molecule has 5 aromatic carbocycles. The van der Waals surface area contributed by atoms with Gasteiger partial charge in [-0.15, -0.1) is 0 Å². The summed E-state index contributed by atoms with van der Waals surface area (Å²) in [7, 11) is -1.11. The number of anilines is 4. The van der Waals surface area contributed by atoms with Gasteiger partial charge in [0.05, 0.1) is 17.1 Å². The first-order valence-corrected chi connectivity index (χ1v) is 16.5. The molecule has 2 nitrogen and oxygen atoms in total. The zero-order chi connectivity index (χ0) is 29.7. The summed E-state index contributed by atoms with van der Waals surface area (Å²) in [6.45, 7) is 13.0. The van der Waals surface area contributed by atoms with Gasteiger partial charge >= 0.3 is 0 Å². The average Bonchev–Trinajstić information content (AvgIpc) is 3.49. The maximum atomic E-state index is 4.28. The molecular weight excluding hydrogens is 607 g/mol. The Morgan fingerprint density at radius 3 is 2.14 bits per heavy atom. The van der Waals surface area contributed by atoms with Gasteiger partial charge in [0.1, 0.15) is 8.22 Å². The van der Waals surface area contributed by atoms with E-state index in [-0.39, 0.29) is 5.41 Å². The minimum absolute atomic E-state index is 0.0852. The molecule has 43 heavy (non-hydrogen) atoms. The molecule has 0 saturated heterocycles. The normalized spacial score (nSPS) is 16.4. The summed E-state index contributed by atoms with van der Waals surface area (Å²) in [6.07, 6.45) is 5.98. The van der Waals surface area contributed by atoms with Gasteiger partial charge < -0.3 is 0 Å². The predicted molar refractivity (Wildman–Crippen MR) is 190 cm³/mol. The van der Waals surface area contributed by atoms with Crippen molar-refractivity contribution in [2.24, 2.45) is 0 Å². The summed E-state index contributed by atoms with van der Waals surface area (Å²) in [6, 6.07) is 41.8. The van der Waals surface area contributed by atoms with Gasteiger partial charge in [-0.25, -0.2) is 0 Å². The van der Waals surface area contributed by atoms with Gasteiger partial charge in [0.25, 0.3) is 0 Å². The quantitative estimate of drug-likeness (QED) is 0.135. The van der Waals surface area contributed by atoms with Gasteiger partial charge in [-0.3, -0.25) is 9.34 Å². The minimum atomic E-state index is -1.11. The fourth-order valence-corrected chi connectivity index (χ4v) is 9.38. The fourth-order valence-electron chi connectivity index (χ4n) is 6.52. The highest BCUT2D eigenvalue weighted by Gasteiger charge is 2.44. The van der Waals surface area contributed by atoms with Crippen LogP contribution in [0.25, 0.3) is 22.3 Å². The van der Waals surface area contributed by atoms with Crippen LogP contribution in [0.15, 0.2) is 156 Å². The Kier molecular flexibility index (Phi) is 6.96. The van der Waals surface area contributed by atoms with Crippen molar-refractivity contribution < 1.29 is 0 Å². The number of hydrogen-bond acceptors (Lipinski definition) is 2. The Labute approximate surface area is 264 Å². The van der Waals surface area contributed by atoms with Crippen LogP contribution in [-0.4, -0.2) is 0 Å². The van der Waals surface area contributed by atoms with E-state index in [9.17, 15) is 0 Å². The van der Waals surface area contributed by atoms with E-state index in [0.29, 0.717) is 0 Å². The molecule has 4 heteroatoms. The molecule has 1 atom stereocenters. The van der Waals surface area contributed by atoms with Crippen molar-refractivity contribution in [3.8, 4) is 22.3 Å². The van der Waals surface area contributed by atoms with E-state index in [0.717, 1.165) is 21.2 Å². The first-order valence-electron chi connectivity index (χ1n) is 14.5. The second-order valence-corrected chi connectivity index (χ2v) is 14.2. The van der Waals surface area contributed by atoms with Gasteiger partial charge in [-0.05, 0) is 64.2 Å². The van der Waals surface area contributed by atoms with Crippen LogP contribution in [0.4, 0.5) is 22.7 Å². The molecule has 0 spiro atoms. The molecule has 0 N–H and O–H groups in total. The van der Waals surface area contributed by atoms with Crippen LogP contribution >= 0.6 is 24.2 Å². The van der Waals surface area contributed by atoms with Crippen LogP contribution in [0.2, 0.25) is 0 Å². The Balaban J connectivity index is 1.47. The molecule has 0 bridgehead atoms. The summed E-state index contributed by atoms with van der Waals surface area (Å²) in [5, 5.41) is 1.13. The molecule has 1 aliphatic heterocycles. The Morgan fingerprint density at radius 2 is 1.40 bits per heavy atom. The van der Waals surface area contributed by atoms with E-state index in [1.807, 2.05) is 12.2 Å². The number of hydrogen-bond donors (Lipinski definition) is 0. The van der Waals surface area contributed by atoms with E-state index in [2.05, 4.69) is 174 Å². The average molecular weight is 640 g/mol. The number of benzene rings is 5. The molecule has 1 unspecified atom stereocenters. The second kappa shape index (κ2) is 10.8. The molecule has 0 aromatic heterocycles. The monoisotopic (exact) mass is 638 g/mol. The summed E-state index contributed by atoms with van der Waals surface area (Å²) in [4.78, 5) is 0. The SMILES string of the molecule is C=C/C=C(\C=C)P1N(c2ccc(-c3ccccc3)cc2)c2cc(Br)ccc2N1c1cccc2c1-c1ccccc1C2(C)C. The first-order chi connectivity index (χ1) is 20.9. The third kappa shape index (κ3) is 4.42. The number of nitrogens with zero attached hydrogens (tertiary/aromatic N) is 2. The van der Waals surface area contributed by atoms with Crippen LogP contribution in [-0.2, 0) is 5.41 Å². The standard InChI is InChI=1S/C39H32BrN2P/c1-5-13-31(6-2)43-41(30-23-20-28(21-24-30)27-14-8-7-9-15-27)37-26-29(40)22-25-35(37)42(43)36-19-12-18-34-38(36)32-16-10-11-17-33(32)39(34,3)4/h5-26H,1-2H2,3-4H3/b31-13+. The Morgan fingerprint density at radius 1 is 0.698 bits per heavy atom. The molecule has 0 radical (unpaired) electrons. The van der Waals surface area contributed by atoms with Gasteiger partial charge in [0, 0.05) is 26.5 Å². The highest BCUT2D eigenvalue weighted by Crippen LogP contribution is 2.71. The third-order valence-electron chi connectivity index (χ3n) is 8.53. The largest absolute Gasteiger partial charge is 0.296 e. The maximum absolute atomic E-state index is 4.28. The van der Waals surface area contributed by atoms with Crippen LogP contribution in [0.1, 0.15) is 25.0 Å². The number of halogens is 1. The molecule has 1 heterocycles. The lowest BCUT2D eigenvalue weighted by Crippen LogP contribution is -2.17. The third-order valence-corrected chi connectivity index (χ3v) is 11.5. The summed E-state index contributed by atoms with van der Waals surface area (Å²) < 4.78 is 6.09. The summed E-state index contributed by atoms with van der Waals surface area (Å²) in [5.41, 5.74) is 12.4. The van der Waals surface area contributed by atoms with E-state index in [4.69, 9.17) is 0 Å². The molecule has 5 aromatic rings. The lowest BCUT2D eigenvalue weighted by Gasteiger charge is -2.34. The highest BCUT2D eigenvalue weighted by molar-refractivity contribution is 9.10. The summed E-state index contributed by atoms with van der Waals surface area (Å²) in [5.74, 6) is 0. The van der Waals surface area contributed by atoms with Gasteiger partial charge in [-0.1, -0.05) is 140 Å². The van der Waals surface area contributed by atoms with Gasteiger partial charge in [0.15, 0.2) is 0 Å². The van der Waals surface area contributed by atoms with Gasteiger partial charge in [-0.2, -0.15) is 0 Å². The number of fused-ring (bicyclic) bond motifs is 4. The first kappa shape index (κ1) is 27.7. The molecule has 0 fully saturated rings. The van der Waals surface area contributed by atoms with Crippen LogP contribution in [0.3, 0.4) is 0 Å². The highest BCUT2D eigenvalue weighted by atomic mass is 79.9. The smallest absolute Gasteiger partial charge is 0.138 e. The molecule has 2 aliphatic rings. The van der Waals surface area contributed by atoms with Crippen molar-refractivity contribution in [2.45, 2.75) is 19.3 Å². The van der Waals surface area contributed by atoms with E-state index in [1.54, 1.807) is 0 Å². The number of allylic oxidation sites excluding steroid dienone is 4. The predicted octanol–water partition coefficient (Wildman–Crippen LogP) is 12.3. The van der Waals surface area contributed by atoms with Crippen molar-refractivity contribution in [3.63, 3.8) is 0 Å².